The summed E-state index contributed by atoms with van der Waals surface area (Å²) in [6.45, 7) is -0.269. The van der Waals surface area contributed by atoms with E-state index in [0.717, 1.165) is 6.20 Å². The van der Waals surface area contributed by atoms with Crippen LogP contribution in [0.2, 0.25) is 0 Å². The number of rotatable bonds is 3. The standard InChI is InChI=1S/C16H14F3N3O2/c1-21-12-6-5-11(8-13(12)22(2)15(21)23)24-9-10-4-3-7-20-14(10)16(17,18)19/h3-8H,9H2,1-2H3. The maximum atomic E-state index is 12.9. The molecule has 0 bridgehead atoms. The molecule has 0 radical (unpaired) electrons. The predicted molar refractivity (Wildman–Crippen MR) is 81.7 cm³/mol. The zero-order chi connectivity index (χ0) is 17.5. The SMILES string of the molecule is Cn1c(=O)n(C)c2cc(OCc3cccnc3C(F)(F)F)ccc21. The molecule has 0 fully saturated rings. The summed E-state index contributed by atoms with van der Waals surface area (Å²) in [5.74, 6) is 0.376. The summed E-state index contributed by atoms with van der Waals surface area (Å²) in [4.78, 5) is 15.3. The first-order valence-corrected chi connectivity index (χ1v) is 7.08. The lowest BCUT2D eigenvalue weighted by Crippen LogP contribution is -2.19. The van der Waals surface area contributed by atoms with Crippen molar-refractivity contribution in [3.05, 3.63) is 58.3 Å². The number of hydrogen-bond acceptors (Lipinski definition) is 3. The van der Waals surface area contributed by atoms with Gasteiger partial charge in [0.2, 0.25) is 0 Å². The molecule has 2 heterocycles. The lowest BCUT2D eigenvalue weighted by atomic mass is 10.2. The van der Waals surface area contributed by atoms with E-state index in [-0.39, 0.29) is 17.9 Å². The van der Waals surface area contributed by atoms with Gasteiger partial charge in [-0.25, -0.2) is 4.79 Å². The van der Waals surface area contributed by atoms with Crippen LogP contribution in [0.4, 0.5) is 13.2 Å². The number of nitrogens with zero attached hydrogens (tertiary/aromatic N) is 3. The number of alkyl halides is 3. The summed E-state index contributed by atoms with van der Waals surface area (Å²) in [7, 11) is 3.27. The predicted octanol–water partition coefficient (Wildman–Crippen LogP) is 2.87. The fourth-order valence-electron chi connectivity index (χ4n) is 2.55. The number of halogens is 3. The van der Waals surface area contributed by atoms with Crippen LogP contribution in [-0.4, -0.2) is 14.1 Å². The second-order valence-electron chi connectivity index (χ2n) is 5.35. The number of benzene rings is 1. The monoisotopic (exact) mass is 337 g/mol. The summed E-state index contributed by atoms with van der Waals surface area (Å²) in [6, 6.07) is 7.69. The topological polar surface area (TPSA) is 49.0 Å². The Morgan fingerprint density at radius 3 is 2.54 bits per heavy atom. The maximum Gasteiger partial charge on any atom is 0.433 e. The molecule has 126 valence electrons. The van der Waals surface area contributed by atoms with E-state index < -0.39 is 11.9 Å². The Balaban J connectivity index is 1.90. The third-order valence-electron chi connectivity index (χ3n) is 3.80. The van der Waals surface area contributed by atoms with Gasteiger partial charge < -0.3 is 4.74 Å². The molecule has 3 rings (SSSR count). The number of fused-ring (bicyclic) bond motifs is 1. The molecule has 0 aliphatic heterocycles. The lowest BCUT2D eigenvalue weighted by Gasteiger charge is -2.12. The van der Waals surface area contributed by atoms with E-state index in [1.54, 1.807) is 32.3 Å². The van der Waals surface area contributed by atoms with E-state index >= 15 is 0 Å². The Hall–Kier alpha value is -2.77. The largest absolute Gasteiger partial charge is 0.489 e. The third-order valence-corrected chi connectivity index (χ3v) is 3.80. The smallest absolute Gasteiger partial charge is 0.433 e. The molecule has 0 saturated carbocycles. The summed E-state index contributed by atoms with van der Waals surface area (Å²) in [5.41, 5.74) is 0.161. The van der Waals surface area contributed by atoms with Crippen LogP contribution in [0.5, 0.6) is 5.75 Å². The van der Waals surface area contributed by atoms with Crippen molar-refractivity contribution in [2.75, 3.05) is 0 Å². The van der Waals surface area contributed by atoms with E-state index in [1.165, 1.54) is 21.3 Å². The van der Waals surface area contributed by atoms with E-state index in [9.17, 15) is 18.0 Å². The zero-order valence-corrected chi connectivity index (χ0v) is 13.0. The van der Waals surface area contributed by atoms with Gasteiger partial charge in [0.15, 0.2) is 5.69 Å². The number of hydrogen-bond donors (Lipinski definition) is 0. The molecule has 24 heavy (non-hydrogen) atoms. The molecule has 5 nitrogen and oxygen atoms in total. The van der Waals surface area contributed by atoms with Crippen molar-refractivity contribution in [2.45, 2.75) is 12.8 Å². The second-order valence-corrected chi connectivity index (χ2v) is 5.35. The number of aromatic nitrogens is 3. The van der Waals surface area contributed by atoms with Gasteiger partial charge in [-0.1, -0.05) is 6.07 Å². The minimum atomic E-state index is -4.53. The van der Waals surface area contributed by atoms with E-state index in [1.807, 2.05) is 0 Å². The van der Waals surface area contributed by atoms with Gasteiger partial charge in [-0.2, -0.15) is 13.2 Å². The average molecular weight is 337 g/mol. The Morgan fingerprint density at radius 1 is 1.12 bits per heavy atom. The highest BCUT2D eigenvalue weighted by molar-refractivity contribution is 5.77. The van der Waals surface area contributed by atoms with E-state index in [4.69, 9.17) is 4.74 Å². The molecular formula is C16H14F3N3O2. The van der Waals surface area contributed by atoms with Crippen LogP contribution in [0.15, 0.2) is 41.3 Å². The molecule has 0 N–H and O–H groups in total. The van der Waals surface area contributed by atoms with Crippen LogP contribution in [0.3, 0.4) is 0 Å². The van der Waals surface area contributed by atoms with Crippen molar-refractivity contribution in [3.8, 4) is 5.75 Å². The van der Waals surface area contributed by atoms with Crippen LogP contribution >= 0.6 is 0 Å². The summed E-state index contributed by atoms with van der Waals surface area (Å²) in [6.07, 6.45) is -3.44. The van der Waals surface area contributed by atoms with Gasteiger partial charge in [-0.3, -0.25) is 14.1 Å². The van der Waals surface area contributed by atoms with Crippen molar-refractivity contribution in [3.63, 3.8) is 0 Å². The van der Waals surface area contributed by atoms with Crippen LogP contribution in [-0.2, 0) is 26.9 Å². The van der Waals surface area contributed by atoms with Crippen LogP contribution in [0.1, 0.15) is 11.3 Å². The van der Waals surface area contributed by atoms with Crippen LogP contribution in [0, 0.1) is 0 Å². The molecule has 0 saturated heterocycles. The first-order chi connectivity index (χ1) is 11.3. The Bertz CT molecular complexity index is 957. The molecule has 0 aliphatic rings. The average Bonchev–Trinajstić information content (AvgIpc) is 2.77. The molecule has 0 aliphatic carbocycles. The quantitative estimate of drug-likeness (QED) is 0.738. The first kappa shape index (κ1) is 16.1. The minimum Gasteiger partial charge on any atom is -0.489 e. The maximum absolute atomic E-state index is 12.9. The van der Waals surface area contributed by atoms with Gasteiger partial charge >= 0.3 is 11.9 Å². The number of imidazole rings is 1. The number of aryl methyl sites for hydroxylation is 2. The Labute approximate surface area is 134 Å². The molecular weight excluding hydrogens is 323 g/mol. The highest BCUT2D eigenvalue weighted by atomic mass is 19.4. The lowest BCUT2D eigenvalue weighted by molar-refractivity contribution is -0.142. The second kappa shape index (κ2) is 5.70. The number of pyridine rings is 1. The third kappa shape index (κ3) is 2.75. The van der Waals surface area contributed by atoms with Crippen molar-refractivity contribution in [1.82, 2.24) is 14.1 Å². The molecule has 1 aromatic carbocycles. The number of ether oxygens (including phenoxy) is 1. The normalized spacial score (nSPS) is 11.9. The van der Waals surface area contributed by atoms with Gasteiger partial charge in [0.05, 0.1) is 11.0 Å². The first-order valence-electron chi connectivity index (χ1n) is 7.08. The summed E-state index contributed by atoms with van der Waals surface area (Å²) in [5, 5.41) is 0. The fourth-order valence-corrected chi connectivity index (χ4v) is 2.55. The zero-order valence-electron chi connectivity index (χ0n) is 13.0. The van der Waals surface area contributed by atoms with Crippen LogP contribution < -0.4 is 10.4 Å². The van der Waals surface area contributed by atoms with E-state index in [2.05, 4.69) is 4.98 Å². The van der Waals surface area contributed by atoms with Gasteiger partial charge in [0.1, 0.15) is 12.4 Å². The van der Waals surface area contributed by atoms with E-state index in [0.29, 0.717) is 16.8 Å². The van der Waals surface area contributed by atoms with Crippen molar-refractivity contribution >= 4 is 11.0 Å². The van der Waals surface area contributed by atoms with Crippen LogP contribution in [0.25, 0.3) is 11.0 Å². The Kier molecular flexibility index (Phi) is 3.82. The van der Waals surface area contributed by atoms with Crippen molar-refractivity contribution in [2.24, 2.45) is 14.1 Å². The Morgan fingerprint density at radius 2 is 1.83 bits per heavy atom. The summed E-state index contributed by atoms with van der Waals surface area (Å²) >= 11 is 0. The van der Waals surface area contributed by atoms with Crippen molar-refractivity contribution < 1.29 is 17.9 Å². The van der Waals surface area contributed by atoms with Crippen molar-refractivity contribution in [1.29, 1.82) is 0 Å². The fraction of sp³-hybridized carbons (Fsp3) is 0.250. The molecule has 0 unspecified atom stereocenters. The van der Waals surface area contributed by atoms with Gasteiger partial charge in [-0.15, -0.1) is 0 Å². The van der Waals surface area contributed by atoms with Gasteiger partial charge in [0, 0.05) is 31.9 Å². The molecule has 0 amide bonds. The molecule has 8 heteroatoms. The van der Waals surface area contributed by atoms with Gasteiger partial charge in [0.25, 0.3) is 0 Å². The highest BCUT2D eigenvalue weighted by Crippen LogP contribution is 2.30. The van der Waals surface area contributed by atoms with Gasteiger partial charge in [-0.05, 0) is 18.2 Å². The molecule has 2 aromatic heterocycles. The molecule has 3 aromatic rings. The summed E-state index contributed by atoms with van der Waals surface area (Å²) < 4.78 is 47.2. The highest BCUT2D eigenvalue weighted by Gasteiger charge is 2.35. The molecule has 0 spiro atoms. The minimum absolute atomic E-state index is 0.0490. The molecule has 0 atom stereocenters.